The number of para-hydroxylation sites is 1. The first-order chi connectivity index (χ1) is 24.0. The largest absolute Gasteiger partial charge is 0.360 e. The molecule has 9 nitrogen and oxygen atoms in total. The summed E-state index contributed by atoms with van der Waals surface area (Å²) in [6, 6.07) is 21.7. The van der Waals surface area contributed by atoms with E-state index in [1.165, 1.54) is 6.42 Å². The number of hydrogen-bond acceptors (Lipinski definition) is 4. The number of halogens is 1. The first-order valence-corrected chi connectivity index (χ1v) is 18.2. The minimum absolute atomic E-state index is 0.00251. The number of H-pyrrole nitrogens is 1. The summed E-state index contributed by atoms with van der Waals surface area (Å²) in [6.45, 7) is 10.5. The van der Waals surface area contributed by atoms with Crippen LogP contribution < -0.4 is 16.2 Å². The molecule has 9 rings (SSSR count). The van der Waals surface area contributed by atoms with Crippen molar-refractivity contribution in [3.05, 3.63) is 93.9 Å². The average Bonchev–Trinajstić information content (AvgIpc) is 3.52. The molecule has 3 saturated carbocycles. The van der Waals surface area contributed by atoms with Crippen LogP contribution in [0.1, 0.15) is 46.1 Å². The third-order valence-corrected chi connectivity index (χ3v) is 12.0. The van der Waals surface area contributed by atoms with Gasteiger partial charge in [0.25, 0.3) is 5.56 Å². The van der Waals surface area contributed by atoms with Gasteiger partial charge in [0.2, 0.25) is 5.91 Å². The van der Waals surface area contributed by atoms with Crippen molar-refractivity contribution in [1.29, 1.82) is 0 Å². The van der Waals surface area contributed by atoms with Crippen LogP contribution in [0.2, 0.25) is 5.02 Å². The number of aryl methyl sites for hydroxylation is 1. The molecule has 4 fully saturated rings. The average molecular weight is 690 g/mol. The first kappa shape index (κ1) is 32.6. The zero-order chi connectivity index (χ0) is 34.7. The van der Waals surface area contributed by atoms with Crippen molar-refractivity contribution in [2.24, 2.45) is 28.2 Å². The van der Waals surface area contributed by atoms with E-state index in [-0.39, 0.29) is 30.1 Å². The van der Waals surface area contributed by atoms with Crippen molar-refractivity contribution in [1.82, 2.24) is 30.1 Å². The number of aliphatic imine (C=N–C) groups is 1. The molecule has 4 aliphatic rings. The molecule has 0 unspecified atom stereocenters. The second-order valence-electron chi connectivity index (χ2n) is 15.2. The second-order valence-corrected chi connectivity index (χ2v) is 15.6. The molecule has 258 valence electrons. The Hall–Kier alpha value is -4.63. The van der Waals surface area contributed by atoms with Gasteiger partial charge in [0.05, 0.1) is 23.1 Å². The van der Waals surface area contributed by atoms with Crippen LogP contribution in [0.4, 0.5) is 5.69 Å². The van der Waals surface area contributed by atoms with E-state index in [4.69, 9.17) is 21.6 Å². The summed E-state index contributed by atoms with van der Waals surface area (Å²) in [7, 11) is 0. The molecule has 0 spiro atoms. The Bertz CT molecular complexity index is 2190. The molecule has 3 heterocycles. The fourth-order valence-electron chi connectivity index (χ4n) is 8.76. The molecule has 1 aliphatic heterocycles. The monoisotopic (exact) mass is 689 g/mol. The Morgan fingerprint density at radius 3 is 2.60 bits per heavy atom. The quantitative estimate of drug-likeness (QED) is 0.133. The van der Waals surface area contributed by atoms with Crippen molar-refractivity contribution in [2.75, 3.05) is 13.1 Å². The zero-order valence-electron chi connectivity index (χ0n) is 29.0. The molecule has 0 radical (unpaired) electrons. The third-order valence-electron chi connectivity index (χ3n) is 11.7. The summed E-state index contributed by atoms with van der Waals surface area (Å²) >= 11 is 6.14. The molecule has 1 saturated heterocycles. The topological polar surface area (TPSA) is 107 Å². The van der Waals surface area contributed by atoms with Crippen molar-refractivity contribution in [2.45, 2.75) is 65.6 Å². The van der Waals surface area contributed by atoms with Crippen LogP contribution in [0.25, 0.3) is 33.2 Å². The van der Waals surface area contributed by atoms with E-state index in [2.05, 4.69) is 41.3 Å². The number of aromatic amines is 1. The fraction of sp³-hybridized carbons (Fsp3) is 0.400. The molecule has 5 aromatic rings. The van der Waals surface area contributed by atoms with E-state index >= 15 is 0 Å². The molecule has 3 aliphatic carbocycles. The van der Waals surface area contributed by atoms with E-state index in [1.54, 1.807) is 4.57 Å². The predicted octanol–water partition coefficient (Wildman–Crippen LogP) is 6.91. The highest BCUT2D eigenvalue weighted by atomic mass is 35.5. The van der Waals surface area contributed by atoms with Crippen LogP contribution >= 0.6 is 11.6 Å². The minimum Gasteiger partial charge on any atom is -0.360 e. The highest BCUT2D eigenvalue weighted by molar-refractivity contribution is 6.30. The van der Waals surface area contributed by atoms with E-state index in [0.717, 1.165) is 28.5 Å². The number of fused-ring (bicyclic) bond motifs is 4. The Balaban J connectivity index is 1.20. The number of benzene rings is 3. The lowest BCUT2D eigenvalue weighted by molar-refractivity contribution is -0.124. The van der Waals surface area contributed by atoms with E-state index in [0.29, 0.717) is 76.1 Å². The van der Waals surface area contributed by atoms with Gasteiger partial charge in [-0.05, 0) is 91.3 Å². The van der Waals surface area contributed by atoms with Gasteiger partial charge in [-0.25, -0.2) is 9.98 Å². The highest BCUT2D eigenvalue weighted by Crippen LogP contribution is 2.61. The van der Waals surface area contributed by atoms with Gasteiger partial charge in [-0.3, -0.25) is 14.2 Å². The number of piperazine rings is 1. The van der Waals surface area contributed by atoms with Crippen molar-refractivity contribution >= 4 is 51.0 Å². The van der Waals surface area contributed by atoms with Gasteiger partial charge in [-0.1, -0.05) is 62.7 Å². The molecular formula is C40H44ClN7O2. The lowest BCUT2D eigenvalue weighted by atomic mass is 9.45. The van der Waals surface area contributed by atoms with E-state index < -0.39 is 0 Å². The number of rotatable bonds is 6. The molecular weight excluding hydrogens is 646 g/mol. The van der Waals surface area contributed by atoms with E-state index in [9.17, 15) is 9.59 Å². The summed E-state index contributed by atoms with van der Waals surface area (Å²) in [5.41, 5.74) is 4.46. The van der Waals surface area contributed by atoms with Gasteiger partial charge >= 0.3 is 0 Å². The maximum absolute atomic E-state index is 14.3. The fourth-order valence-corrected chi connectivity index (χ4v) is 8.89. The van der Waals surface area contributed by atoms with Gasteiger partial charge < -0.3 is 20.5 Å². The molecule has 1 amide bonds. The number of carbonyl (C=O) groups excluding carboxylic acids is 1. The lowest BCUT2D eigenvalue weighted by Crippen LogP contribution is -2.63. The van der Waals surface area contributed by atoms with Gasteiger partial charge in [0.1, 0.15) is 5.82 Å². The van der Waals surface area contributed by atoms with Crippen LogP contribution in [0.5, 0.6) is 0 Å². The van der Waals surface area contributed by atoms with Gasteiger partial charge in [-0.15, -0.1) is 0 Å². The first-order valence-electron chi connectivity index (χ1n) is 17.8. The zero-order valence-corrected chi connectivity index (χ0v) is 29.8. The third kappa shape index (κ3) is 5.85. The number of guanidine groups is 1. The van der Waals surface area contributed by atoms with Gasteiger partial charge in [0.15, 0.2) is 5.96 Å². The highest BCUT2D eigenvalue weighted by Gasteiger charge is 2.56. The molecule has 50 heavy (non-hydrogen) atoms. The number of amides is 1. The molecule has 3 aromatic carbocycles. The normalized spacial score (nSPS) is 24.7. The van der Waals surface area contributed by atoms with Crippen molar-refractivity contribution in [3.63, 3.8) is 0 Å². The van der Waals surface area contributed by atoms with E-state index in [1.807, 2.05) is 79.9 Å². The summed E-state index contributed by atoms with van der Waals surface area (Å²) in [4.78, 5) is 42.7. The Morgan fingerprint density at radius 2 is 1.84 bits per heavy atom. The Labute approximate surface area is 297 Å². The number of nitrogens with zero attached hydrogens (tertiary/aromatic N) is 4. The van der Waals surface area contributed by atoms with Crippen molar-refractivity contribution in [3.8, 4) is 11.4 Å². The predicted molar refractivity (Wildman–Crippen MR) is 201 cm³/mol. The van der Waals surface area contributed by atoms with Crippen molar-refractivity contribution < 1.29 is 4.79 Å². The number of aromatic nitrogens is 3. The summed E-state index contributed by atoms with van der Waals surface area (Å²) < 4.78 is 1.79. The van der Waals surface area contributed by atoms with Gasteiger partial charge in [0, 0.05) is 52.9 Å². The molecule has 2 aromatic heterocycles. The summed E-state index contributed by atoms with van der Waals surface area (Å²) in [5, 5.41) is 9.07. The molecule has 5 atom stereocenters. The number of carbonyl (C=O) groups is 1. The maximum atomic E-state index is 14.3. The van der Waals surface area contributed by atoms with Crippen LogP contribution in [0, 0.1) is 23.2 Å². The Morgan fingerprint density at radius 1 is 1.04 bits per heavy atom. The number of hydrogen-bond donors (Lipinski definition) is 3. The standard InChI is InChI=1S/C40H44ClN7O2/c1-23-21-47(22-36(49)43-23)39(46-34-18-26-17-32(24(34)2)40(26,3)4)44-28-13-14-30-35(19-28)45-37(31-20-42-33-8-6-5-7-29(31)33)48(38(30)50)16-15-25-9-11-27(41)12-10-25/h5-14,19-20,23-24,26,32,34,42H,15-18,21-22H2,1-4H3,(H,43,49)(H,44,46)/t23-,24+,26-,32-,34-/m0/s1. The smallest absolute Gasteiger partial charge is 0.261 e. The summed E-state index contributed by atoms with van der Waals surface area (Å²) in [5.74, 6) is 3.13. The SMILES string of the molecule is C[C@H]1[C@@H](NC(=Nc2ccc3c(=O)n(CCc4ccc(Cl)cc4)c(-c4c[nH]c5ccccc45)nc3c2)N2CC(=O)N[C@@H](C)C2)C[C@@H]2C[C@@H]1C2(C)C. The van der Waals surface area contributed by atoms with Crippen LogP contribution in [0.15, 0.2) is 82.7 Å². The maximum Gasteiger partial charge on any atom is 0.261 e. The van der Waals surface area contributed by atoms with Crippen LogP contribution in [-0.2, 0) is 17.8 Å². The lowest BCUT2D eigenvalue weighted by Gasteiger charge is -2.62. The Kier molecular flexibility index (Phi) is 8.21. The second kappa shape index (κ2) is 12.6. The van der Waals surface area contributed by atoms with Gasteiger partial charge in [-0.2, -0.15) is 0 Å². The van der Waals surface area contributed by atoms with Crippen LogP contribution in [0.3, 0.4) is 0 Å². The minimum atomic E-state index is -0.0995. The molecule has 10 heteroatoms. The summed E-state index contributed by atoms with van der Waals surface area (Å²) in [6.07, 6.45) is 4.95. The molecule has 3 N–H and O–H groups in total. The number of nitrogens with one attached hydrogen (secondary N) is 3. The van der Waals surface area contributed by atoms with Crippen LogP contribution in [-0.4, -0.2) is 56.5 Å². The molecule has 2 bridgehead atoms.